The Kier molecular flexibility index (Phi) is 7.56. The van der Waals surface area contributed by atoms with Crippen LogP contribution < -0.4 is 4.90 Å². The minimum absolute atomic E-state index is 1.01. The number of fused-ring (bicyclic) bond motifs is 5. The lowest BCUT2D eigenvalue weighted by atomic mass is 10.0. The van der Waals surface area contributed by atoms with Gasteiger partial charge in [-0.05, 0) is 108 Å². The van der Waals surface area contributed by atoms with Crippen LogP contribution in [0.3, 0.4) is 0 Å². The molecule has 0 atom stereocenters. The number of benzene rings is 7. The van der Waals surface area contributed by atoms with Crippen LogP contribution in [-0.4, -0.2) is 4.57 Å². The third kappa shape index (κ3) is 5.19. The highest BCUT2D eigenvalue weighted by atomic mass is 32.1. The van der Waals surface area contributed by atoms with Crippen molar-refractivity contribution in [3.05, 3.63) is 175 Å². The normalized spacial score (nSPS) is 11.8. The summed E-state index contributed by atoms with van der Waals surface area (Å²) >= 11 is 1.86. The van der Waals surface area contributed by atoms with Gasteiger partial charge >= 0.3 is 0 Å². The SMILES string of the molecule is CC/C=C\c1c(C)n(-c2ccc(-c3ccc(N(c4ccccc4)c4ccc5sc6ccccc6c5c4)cc3)cc2)c2cc3ccccc3cc12. The van der Waals surface area contributed by atoms with Crippen molar-refractivity contribution in [3.63, 3.8) is 0 Å². The number of hydrogen-bond donors (Lipinski definition) is 0. The summed E-state index contributed by atoms with van der Waals surface area (Å²) in [6.07, 6.45) is 5.56. The number of allylic oxidation sites excluding steroid dienone is 1. The molecule has 0 saturated carbocycles. The summed E-state index contributed by atoms with van der Waals surface area (Å²) in [4.78, 5) is 2.35. The Labute approximate surface area is 296 Å². The highest BCUT2D eigenvalue weighted by Crippen LogP contribution is 2.41. The van der Waals surface area contributed by atoms with Crippen LogP contribution in [0.25, 0.3) is 64.7 Å². The summed E-state index contributed by atoms with van der Waals surface area (Å²) in [6, 6.07) is 57.5. The number of hydrogen-bond acceptors (Lipinski definition) is 2. The Balaban J connectivity index is 1.08. The van der Waals surface area contributed by atoms with Crippen LogP contribution in [0.4, 0.5) is 17.1 Å². The van der Waals surface area contributed by atoms with Crippen molar-refractivity contribution < 1.29 is 0 Å². The van der Waals surface area contributed by atoms with E-state index >= 15 is 0 Å². The average molecular weight is 661 g/mol. The van der Waals surface area contributed by atoms with E-state index in [1.807, 2.05) is 11.3 Å². The van der Waals surface area contributed by atoms with Gasteiger partial charge in [0.2, 0.25) is 0 Å². The van der Waals surface area contributed by atoms with Crippen LogP contribution in [0.2, 0.25) is 0 Å². The Morgan fingerprint density at radius 3 is 1.94 bits per heavy atom. The summed E-state index contributed by atoms with van der Waals surface area (Å²) in [6.45, 7) is 4.43. The minimum atomic E-state index is 1.01. The second-order valence-corrected chi connectivity index (χ2v) is 14.0. The molecule has 9 aromatic rings. The average Bonchev–Trinajstić information content (AvgIpc) is 3.67. The molecule has 0 fully saturated rings. The molecule has 0 spiro atoms. The van der Waals surface area contributed by atoms with Crippen molar-refractivity contribution in [3.8, 4) is 16.8 Å². The van der Waals surface area contributed by atoms with Crippen molar-refractivity contribution in [2.45, 2.75) is 20.3 Å². The molecule has 9 rings (SSSR count). The molecule has 3 heteroatoms. The zero-order chi connectivity index (χ0) is 33.6. The fourth-order valence-electron chi connectivity index (χ4n) is 7.39. The zero-order valence-electron chi connectivity index (χ0n) is 28.2. The third-order valence-corrected chi connectivity index (χ3v) is 11.0. The number of aromatic nitrogens is 1. The van der Waals surface area contributed by atoms with E-state index in [2.05, 4.69) is 193 Å². The fourth-order valence-corrected chi connectivity index (χ4v) is 8.47. The Morgan fingerprint density at radius 2 is 1.18 bits per heavy atom. The molecule has 0 bridgehead atoms. The first-order chi connectivity index (χ1) is 24.7. The molecule has 2 heterocycles. The largest absolute Gasteiger partial charge is 0.313 e. The van der Waals surface area contributed by atoms with Gasteiger partial charge in [0.25, 0.3) is 0 Å². The van der Waals surface area contributed by atoms with E-state index in [-0.39, 0.29) is 0 Å². The summed E-state index contributed by atoms with van der Waals surface area (Å²) in [5.74, 6) is 0. The lowest BCUT2D eigenvalue weighted by molar-refractivity contribution is 1.05. The first-order valence-electron chi connectivity index (χ1n) is 17.3. The lowest BCUT2D eigenvalue weighted by Crippen LogP contribution is -2.09. The number of rotatable bonds is 7. The van der Waals surface area contributed by atoms with Crippen molar-refractivity contribution >= 4 is 76.3 Å². The van der Waals surface area contributed by atoms with E-state index in [0.717, 1.165) is 23.5 Å². The zero-order valence-corrected chi connectivity index (χ0v) is 29.0. The molecule has 0 N–H and O–H groups in total. The second-order valence-electron chi connectivity index (χ2n) is 12.9. The van der Waals surface area contributed by atoms with Crippen molar-refractivity contribution in [2.24, 2.45) is 0 Å². The van der Waals surface area contributed by atoms with Crippen molar-refractivity contribution in [1.82, 2.24) is 4.57 Å². The van der Waals surface area contributed by atoms with Crippen LogP contribution >= 0.6 is 11.3 Å². The molecule has 0 unspecified atom stereocenters. The molecule has 2 aromatic heterocycles. The smallest absolute Gasteiger partial charge is 0.0543 e. The molecule has 240 valence electrons. The van der Waals surface area contributed by atoms with Crippen molar-refractivity contribution in [1.29, 1.82) is 0 Å². The Bertz CT molecular complexity index is 2680. The van der Waals surface area contributed by atoms with Gasteiger partial charge in [-0.2, -0.15) is 0 Å². The Hall–Kier alpha value is -5.90. The van der Waals surface area contributed by atoms with Crippen LogP contribution in [0.1, 0.15) is 24.6 Å². The Morgan fingerprint density at radius 1 is 0.560 bits per heavy atom. The molecular weight excluding hydrogens is 625 g/mol. The van der Waals surface area contributed by atoms with Gasteiger partial charge in [-0.1, -0.05) is 104 Å². The van der Waals surface area contributed by atoms with E-state index < -0.39 is 0 Å². The number of para-hydroxylation sites is 1. The number of nitrogens with zero attached hydrogens (tertiary/aromatic N) is 2. The first kappa shape index (κ1) is 30.2. The van der Waals surface area contributed by atoms with Crippen LogP contribution in [0.15, 0.2) is 164 Å². The summed E-state index contributed by atoms with van der Waals surface area (Å²) in [5, 5.41) is 6.43. The predicted molar refractivity (Wildman–Crippen MR) is 218 cm³/mol. The molecule has 0 radical (unpaired) electrons. The van der Waals surface area contributed by atoms with Crippen LogP contribution in [0, 0.1) is 6.92 Å². The monoisotopic (exact) mass is 660 g/mol. The highest BCUT2D eigenvalue weighted by Gasteiger charge is 2.17. The molecule has 0 aliphatic heterocycles. The molecule has 50 heavy (non-hydrogen) atoms. The van der Waals surface area contributed by atoms with E-state index in [4.69, 9.17) is 0 Å². The van der Waals surface area contributed by atoms with Crippen LogP contribution in [-0.2, 0) is 0 Å². The topological polar surface area (TPSA) is 8.17 Å². The van der Waals surface area contributed by atoms with Gasteiger partial charge in [-0.15, -0.1) is 11.3 Å². The van der Waals surface area contributed by atoms with Gasteiger partial charge in [0.05, 0.1) is 5.52 Å². The third-order valence-electron chi connectivity index (χ3n) is 9.86. The molecular formula is C47H36N2S. The molecule has 7 aromatic carbocycles. The molecule has 0 amide bonds. The van der Waals surface area contributed by atoms with Crippen LogP contribution in [0.5, 0.6) is 0 Å². The first-order valence-corrected chi connectivity index (χ1v) is 18.2. The maximum atomic E-state index is 2.41. The number of thiophene rings is 1. The van der Waals surface area contributed by atoms with Gasteiger partial charge in [0, 0.05) is 59.6 Å². The maximum absolute atomic E-state index is 2.41. The summed E-state index contributed by atoms with van der Waals surface area (Å²) in [5.41, 5.74) is 10.8. The molecule has 0 aliphatic carbocycles. The molecule has 0 aliphatic rings. The van der Waals surface area contributed by atoms with E-state index in [1.54, 1.807) is 0 Å². The van der Waals surface area contributed by atoms with Gasteiger partial charge in [-0.3, -0.25) is 0 Å². The van der Waals surface area contributed by atoms with Gasteiger partial charge in [-0.25, -0.2) is 0 Å². The number of anilines is 3. The van der Waals surface area contributed by atoms with E-state index in [0.29, 0.717) is 0 Å². The van der Waals surface area contributed by atoms with E-state index in [1.165, 1.54) is 69.9 Å². The fraction of sp³-hybridized carbons (Fsp3) is 0.0638. The lowest BCUT2D eigenvalue weighted by Gasteiger charge is -2.26. The van der Waals surface area contributed by atoms with Crippen molar-refractivity contribution in [2.75, 3.05) is 4.90 Å². The summed E-state index contributed by atoms with van der Waals surface area (Å²) < 4.78 is 5.05. The quantitative estimate of drug-likeness (QED) is 0.165. The highest BCUT2D eigenvalue weighted by molar-refractivity contribution is 7.25. The standard InChI is InChI=1S/C47H36N2S/c1-3-4-16-41-32(2)48(45-30-36-13-9-8-12-35(36)29-43(41)45)38-23-19-33(20-24-38)34-21-25-39(26-22-34)49(37-14-6-5-7-15-37)40-27-28-47-44(31-40)42-17-10-11-18-46(42)50-47/h4-31H,3H2,1-2H3/b16-4-. The molecule has 0 saturated heterocycles. The van der Waals surface area contributed by atoms with E-state index in [9.17, 15) is 0 Å². The van der Waals surface area contributed by atoms with Gasteiger partial charge < -0.3 is 9.47 Å². The summed E-state index contributed by atoms with van der Waals surface area (Å²) in [7, 11) is 0. The minimum Gasteiger partial charge on any atom is -0.313 e. The maximum Gasteiger partial charge on any atom is 0.0543 e. The second kappa shape index (κ2) is 12.5. The van der Waals surface area contributed by atoms with Gasteiger partial charge in [0.1, 0.15) is 0 Å². The predicted octanol–water partition coefficient (Wildman–Crippen LogP) is 14.0. The van der Waals surface area contributed by atoms with Gasteiger partial charge in [0.15, 0.2) is 0 Å². The molecule has 2 nitrogen and oxygen atoms in total.